The van der Waals surface area contributed by atoms with E-state index in [2.05, 4.69) is 11.8 Å². The Labute approximate surface area is 198 Å². The number of halogens is 3. The topological polar surface area (TPSA) is 51.2 Å². The second-order valence-corrected chi connectivity index (χ2v) is 9.40. The number of ether oxygens (including phenoxy) is 3. The molecular formula is C26H32F3NO4. The summed E-state index contributed by atoms with van der Waals surface area (Å²) in [6, 6.07) is 10.8. The monoisotopic (exact) mass is 479 g/mol. The molecule has 0 radical (unpaired) electrons. The van der Waals surface area contributed by atoms with Crippen molar-refractivity contribution < 1.29 is 32.5 Å². The van der Waals surface area contributed by atoms with Crippen LogP contribution in [0.1, 0.15) is 51.2 Å². The van der Waals surface area contributed by atoms with Crippen LogP contribution in [0.2, 0.25) is 0 Å². The summed E-state index contributed by atoms with van der Waals surface area (Å²) in [6.45, 7) is 7.12. The average Bonchev–Trinajstić information content (AvgIpc) is 3.12. The van der Waals surface area contributed by atoms with Crippen molar-refractivity contribution in [1.29, 1.82) is 0 Å². The van der Waals surface area contributed by atoms with Gasteiger partial charge in [0.15, 0.2) is 11.5 Å². The van der Waals surface area contributed by atoms with Crippen molar-refractivity contribution in [2.45, 2.75) is 70.0 Å². The smallest absolute Gasteiger partial charge is 0.416 e. The maximum atomic E-state index is 13.2. The van der Waals surface area contributed by atoms with Crippen molar-refractivity contribution in [3.63, 3.8) is 0 Å². The van der Waals surface area contributed by atoms with Gasteiger partial charge in [-0.2, -0.15) is 13.2 Å². The second kappa shape index (κ2) is 9.66. The molecule has 0 aliphatic carbocycles. The van der Waals surface area contributed by atoms with E-state index in [0.29, 0.717) is 43.4 Å². The molecule has 5 nitrogen and oxygen atoms in total. The van der Waals surface area contributed by atoms with Gasteiger partial charge >= 0.3 is 6.18 Å². The standard InChI is InChI=1S/C26H32F3NO4/c1-4-32-22-9-6-10-23-24(22)34-21(16-33-23)15-30-17(2)11-12-20(30)14-25(3,31)18-7-5-8-19(13-18)26(27,28)29/h5-10,13,17,20-21,31H,4,11-12,14-16H2,1-3H3/t17?,20?,21-,25?/m0/s1. The highest BCUT2D eigenvalue weighted by Crippen LogP contribution is 2.42. The summed E-state index contributed by atoms with van der Waals surface area (Å²) in [5.74, 6) is 1.89. The molecule has 186 valence electrons. The van der Waals surface area contributed by atoms with Crippen LogP contribution in [-0.4, -0.2) is 48.0 Å². The fourth-order valence-corrected chi connectivity index (χ4v) is 4.98. The molecule has 0 aromatic heterocycles. The summed E-state index contributed by atoms with van der Waals surface area (Å²) in [5, 5.41) is 11.2. The maximum Gasteiger partial charge on any atom is 0.416 e. The third-order valence-electron chi connectivity index (χ3n) is 6.76. The highest BCUT2D eigenvalue weighted by Gasteiger charge is 2.39. The van der Waals surface area contributed by atoms with Crippen molar-refractivity contribution in [3.8, 4) is 17.2 Å². The van der Waals surface area contributed by atoms with E-state index in [4.69, 9.17) is 14.2 Å². The van der Waals surface area contributed by atoms with Crippen LogP contribution in [0.3, 0.4) is 0 Å². The molecule has 1 saturated heterocycles. The highest BCUT2D eigenvalue weighted by atomic mass is 19.4. The van der Waals surface area contributed by atoms with Crippen molar-refractivity contribution in [2.24, 2.45) is 0 Å². The summed E-state index contributed by atoms with van der Waals surface area (Å²) < 4.78 is 57.5. The van der Waals surface area contributed by atoms with Crippen LogP contribution in [0, 0.1) is 0 Å². The van der Waals surface area contributed by atoms with Crippen molar-refractivity contribution in [2.75, 3.05) is 19.8 Å². The van der Waals surface area contributed by atoms with Gasteiger partial charge in [0.1, 0.15) is 12.7 Å². The number of benzene rings is 2. The molecule has 3 unspecified atom stereocenters. The summed E-state index contributed by atoms with van der Waals surface area (Å²) in [5.41, 5.74) is -1.87. The zero-order valence-corrected chi connectivity index (χ0v) is 19.8. The molecule has 0 bridgehead atoms. The molecule has 0 amide bonds. The van der Waals surface area contributed by atoms with E-state index < -0.39 is 17.3 Å². The predicted octanol–water partition coefficient (Wildman–Crippen LogP) is 5.39. The molecule has 34 heavy (non-hydrogen) atoms. The lowest BCUT2D eigenvalue weighted by molar-refractivity contribution is -0.137. The number of nitrogens with zero attached hydrogens (tertiary/aromatic N) is 1. The summed E-state index contributed by atoms with van der Waals surface area (Å²) >= 11 is 0. The van der Waals surface area contributed by atoms with E-state index >= 15 is 0 Å². The number of fused-ring (bicyclic) bond motifs is 1. The lowest BCUT2D eigenvalue weighted by atomic mass is 9.87. The quantitative estimate of drug-likeness (QED) is 0.577. The minimum Gasteiger partial charge on any atom is -0.490 e. The van der Waals surface area contributed by atoms with E-state index in [9.17, 15) is 18.3 Å². The van der Waals surface area contributed by atoms with Gasteiger partial charge in [0.2, 0.25) is 5.75 Å². The highest BCUT2D eigenvalue weighted by molar-refractivity contribution is 5.52. The van der Waals surface area contributed by atoms with Crippen LogP contribution in [-0.2, 0) is 11.8 Å². The van der Waals surface area contributed by atoms with Crippen molar-refractivity contribution in [1.82, 2.24) is 4.90 Å². The Kier molecular flexibility index (Phi) is 7.01. The molecule has 4 atom stereocenters. The lowest BCUT2D eigenvalue weighted by Crippen LogP contribution is -2.47. The summed E-state index contributed by atoms with van der Waals surface area (Å²) in [4.78, 5) is 2.28. The predicted molar refractivity (Wildman–Crippen MR) is 122 cm³/mol. The molecule has 2 aromatic rings. The minimum absolute atomic E-state index is 0.00618. The molecule has 0 spiro atoms. The lowest BCUT2D eigenvalue weighted by Gasteiger charge is -2.37. The fourth-order valence-electron chi connectivity index (χ4n) is 4.98. The zero-order valence-electron chi connectivity index (χ0n) is 19.8. The molecule has 0 saturated carbocycles. The minimum atomic E-state index is -4.45. The van der Waals surface area contributed by atoms with Gasteiger partial charge in [0.05, 0.1) is 17.8 Å². The maximum absolute atomic E-state index is 13.2. The number of rotatable bonds is 7. The Bertz CT molecular complexity index is 994. The van der Waals surface area contributed by atoms with Gasteiger partial charge in [-0.05, 0) is 69.9 Å². The molecule has 8 heteroatoms. The molecular weight excluding hydrogens is 447 g/mol. The van der Waals surface area contributed by atoms with Crippen LogP contribution >= 0.6 is 0 Å². The fraction of sp³-hybridized carbons (Fsp3) is 0.538. The van der Waals surface area contributed by atoms with Gasteiger partial charge in [0.25, 0.3) is 0 Å². The number of alkyl halides is 3. The molecule has 2 heterocycles. The number of hydrogen-bond donors (Lipinski definition) is 1. The molecule has 2 aromatic carbocycles. The van der Waals surface area contributed by atoms with Crippen LogP contribution < -0.4 is 14.2 Å². The van der Waals surface area contributed by atoms with Gasteiger partial charge in [-0.25, -0.2) is 0 Å². The van der Waals surface area contributed by atoms with Crippen LogP contribution in [0.25, 0.3) is 0 Å². The third-order valence-corrected chi connectivity index (χ3v) is 6.76. The third kappa shape index (κ3) is 5.28. The Morgan fingerprint density at radius 3 is 2.59 bits per heavy atom. The summed E-state index contributed by atoms with van der Waals surface area (Å²) in [6.07, 6.45) is -2.56. The van der Waals surface area contributed by atoms with Crippen LogP contribution in [0.4, 0.5) is 13.2 Å². The first kappa shape index (κ1) is 24.7. The first-order valence-electron chi connectivity index (χ1n) is 11.8. The largest absolute Gasteiger partial charge is 0.490 e. The molecule has 1 fully saturated rings. The van der Waals surface area contributed by atoms with Crippen molar-refractivity contribution in [3.05, 3.63) is 53.6 Å². The number of aliphatic hydroxyl groups is 1. The Morgan fingerprint density at radius 1 is 1.12 bits per heavy atom. The number of para-hydroxylation sites is 1. The SMILES string of the molecule is CCOc1cccc2c1O[C@@H](CN1C(C)CCC1CC(C)(O)c1cccc(C(F)(F)F)c1)CO2. The van der Waals surface area contributed by atoms with E-state index in [1.165, 1.54) is 6.07 Å². The van der Waals surface area contributed by atoms with E-state index in [-0.39, 0.29) is 23.8 Å². The first-order chi connectivity index (χ1) is 16.1. The summed E-state index contributed by atoms with van der Waals surface area (Å²) in [7, 11) is 0. The van der Waals surface area contributed by atoms with Gasteiger partial charge in [-0.1, -0.05) is 18.2 Å². The Hall–Kier alpha value is -2.45. The Morgan fingerprint density at radius 2 is 1.85 bits per heavy atom. The molecule has 2 aliphatic heterocycles. The molecule has 2 aliphatic rings. The van der Waals surface area contributed by atoms with E-state index in [1.54, 1.807) is 13.0 Å². The van der Waals surface area contributed by atoms with E-state index in [0.717, 1.165) is 25.0 Å². The van der Waals surface area contributed by atoms with Crippen LogP contribution in [0.15, 0.2) is 42.5 Å². The zero-order chi connectivity index (χ0) is 24.5. The van der Waals surface area contributed by atoms with Crippen LogP contribution in [0.5, 0.6) is 17.2 Å². The van der Waals surface area contributed by atoms with Gasteiger partial charge in [-0.3, -0.25) is 4.90 Å². The van der Waals surface area contributed by atoms with Gasteiger partial charge in [0, 0.05) is 18.6 Å². The average molecular weight is 480 g/mol. The normalized spacial score (nSPS) is 24.6. The van der Waals surface area contributed by atoms with Crippen molar-refractivity contribution >= 4 is 0 Å². The molecule has 4 rings (SSSR count). The van der Waals surface area contributed by atoms with E-state index in [1.807, 2.05) is 25.1 Å². The van der Waals surface area contributed by atoms with Gasteiger partial charge < -0.3 is 19.3 Å². The first-order valence-corrected chi connectivity index (χ1v) is 11.8. The second-order valence-electron chi connectivity index (χ2n) is 9.40. The van der Waals surface area contributed by atoms with Gasteiger partial charge in [-0.15, -0.1) is 0 Å². The number of hydrogen-bond acceptors (Lipinski definition) is 5. The number of likely N-dealkylation sites (tertiary alicyclic amines) is 1. The Balaban J connectivity index is 1.47. The molecule has 1 N–H and O–H groups in total.